The lowest BCUT2D eigenvalue weighted by molar-refractivity contribution is 0.0734. The molecule has 5 nitrogen and oxygen atoms in total. The van der Waals surface area contributed by atoms with E-state index < -0.39 is 5.97 Å². The molecule has 5 heteroatoms. The molecule has 0 spiro atoms. The topological polar surface area (TPSA) is 61.3 Å². The largest absolute Gasteiger partial charge is 0.465 e. The normalized spacial score (nSPS) is 12.0. The smallest absolute Gasteiger partial charge is 0.343 e. The van der Waals surface area contributed by atoms with E-state index in [1.807, 2.05) is 30.6 Å². The van der Waals surface area contributed by atoms with E-state index >= 15 is 0 Å². The molecule has 208 valence electrons. The zero-order chi connectivity index (χ0) is 27.7. The molecule has 0 saturated carbocycles. The minimum atomic E-state index is -0.411. The average Bonchev–Trinajstić information content (AvgIpc) is 2.97. The van der Waals surface area contributed by atoms with Gasteiger partial charge in [0, 0.05) is 18.0 Å². The fourth-order valence-corrected chi connectivity index (χ4v) is 4.23. The monoisotopic (exact) mass is 528 g/mol. The highest BCUT2D eigenvalue weighted by Crippen LogP contribution is 2.21. The van der Waals surface area contributed by atoms with Crippen LogP contribution >= 0.6 is 0 Å². The molecule has 0 saturated heterocycles. The summed E-state index contributed by atoms with van der Waals surface area (Å²) in [5, 5.41) is 0. The van der Waals surface area contributed by atoms with E-state index in [2.05, 4.69) is 30.7 Å². The maximum atomic E-state index is 12.6. The Morgan fingerprint density at radius 3 is 2.23 bits per heavy atom. The number of ether oxygens (including phenoxy) is 2. The lowest BCUT2D eigenvalue weighted by atomic mass is 10.00. The van der Waals surface area contributed by atoms with Crippen molar-refractivity contribution in [3.63, 3.8) is 0 Å². The number of allylic oxidation sites excluding steroid dienone is 1. The second kappa shape index (κ2) is 17.2. The first-order valence-corrected chi connectivity index (χ1v) is 14.6. The summed E-state index contributed by atoms with van der Waals surface area (Å²) >= 11 is 0. The van der Waals surface area contributed by atoms with Crippen LogP contribution in [0.5, 0.6) is 11.5 Å². The molecule has 39 heavy (non-hydrogen) atoms. The van der Waals surface area contributed by atoms with Gasteiger partial charge in [0.1, 0.15) is 11.5 Å². The predicted octanol–water partition coefficient (Wildman–Crippen LogP) is 9.37. The van der Waals surface area contributed by atoms with Gasteiger partial charge in [-0.05, 0) is 91.8 Å². The highest BCUT2D eigenvalue weighted by molar-refractivity contribution is 5.91. The van der Waals surface area contributed by atoms with Gasteiger partial charge in [0.15, 0.2) is 5.82 Å². The van der Waals surface area contributed by atoms with E-state index in [0.29, 0.717) is 22.9 Å². The number of esters is 1. The molecular weight excluding hydrogens is 484 g/mol. The third-order valence-corrected chi connectivity index (χ3v) is 7.00. The maximum Gasteiger partial charge on any atom is 0.343 e. The summed E-state index contributed by atoms with van der Waals surface area (Å²) in [6.45, 7) is 6.79. The van der Waals surface area contributed by atoms with Crippen LogP contribution in [0.2, 0.25) is 0 Å². The van der Waals surface area contributed by atoms with Gasteiger partial charge in [-0.3, -0.25) is 0 Å². The van der Waals surface area contributed by atoms with Gasteiger partial charge in [-0.2, -0.15) is 0 Å². The molecule has 0 bridgehead atoms. The van der Waals surface area contributed by atoms with Gasteiger partial charge in [-0.15, -0.1) is 0 Å². The van der Waals surface area contributed by atoms with Crippen LogP contribution < -0.4 is 9.47 Å². The summed E-state index contributed by atoms with van der Waals surface area (Å²) in [5.74, 6) is 2.22. The molecule has 3 aromatic rings. The number of hydrogen-bond acceptors (Lipinski definition) is 5. The van der Waals surface area contributed by atoms with Gasteiger partial charge in [0.2, 0.25) is 0 Å². The molecule has 0 aliphatic rings. The van der Waals surface area contributed by atoms with Crippen LogP contribution in [0.3, 0.4) is 0 Å². The SMILES string of the molecule is CCCCCCC/C=C/Oc1ccc(C(=O)Oc2ccc(-c3ncc(CCCC[C@@H](C)CC)cn3)cc2)cc1. The Kier molecular flexibility index (Phi) is 13.3. The molecule has 0 amide bonds. The molecule has 0 fully saturated rings. The fraction of sp³-hybridized carbons (Fsp3) is 0.441. The van der Waals surface area contributed by atoms with Gasteiger partial charge in [0.25, 0.3) is 0 Å². The van der Waals surface area contributed by atoms with Gasteiger partial charge in [-0.1, -0.05) is 65.7 Å². The van der Waals surface area contributed by atoms with Crippen molar-refractivity contribution in [3.8, 4) is 22.9 Å². The van der Waals surface area contributed by atoms with Crippen LogP contribution in [0.25, 0.3) is 11.4 Å². The number of rotatable bonds is 17. The zero-order valence-corrected chi connectivity index (χ0v) is 23.9. The Balaban J connectivity index is 1.42. The summed E-state index contributed by atoms with van der Waals surface area (Å²) in [4.78, 5) is 21.7. The van der Waals surface area contributed by atoms with Gasteiger partial charge in [0.05, 0.1) is 11.8 Å². The van der Waals surface area contributed by atoms with Crippen molar-refractivity contribution >= 4 is 5.97 Å². The molecule has 0 radical (unpaired) electrons. The Bertz CT molecular complexity index is 1120. The first-order valence-electron chi connectivity index (χ1n) is 14.6. The standard InChI is InChI=1S/C34H44N2O3/c1-4-6-7-8-9-10-13-24-38-31-20-18-30(19-21-31)34(37)39-32-22-16-29(17-23-32)33-35-25-28(26-36-33)15-12-11-14-27(3)5-2/h13,16-27H,4-12,14-15H2,1-3H3/b24-13+/t27-/m0/s1. The van der Waals surface area contributed by atoms with E-state index in [0.717, 1.165) is 24.3 Å². The second-order valence-electron chi connectivity index (χ2n) is 10.3. The van der Waals surface area contributed by atoms with Crippen LogP contribution in [-0.4, -0.2) is 15.9 Å². The number of hydrogen-bond donors (Lipinski definition) is 0. The molecule has 1 heterocycles. The minimum Gasteiger partial charge on any atom is -0.465 e. The van der Waals surface area contributed by atoms with E-state index in [-0.39, 0.29) is 0 Å². The first kappa shape index (κ1) is 30.1. The summed E-state index contributed by atoms with van der Waals surface area (Å²) < 4.78 is 11.2. The molecule has 1 aromatic heterocycles. The van der Waals surface area contributed by atoms with Crippen molar-refractivity contribution < 1.29 is 14.3 Å². The molecule has 0 aliphatic carbocycles. The van der Waals surface area contributed by atoms with E-state index in [1.165, 1.54) is 63.4 Å². The molecular formula is C34H44N2O3. The number of carbonyl (C=O) groups excluding carboxylic acids is 1. The lowest BCUT2D eigenvalue weighted by Gasteiger charge is -2.08. The Morgan fingerprint density at radius 1 is 0.846 bits per heavy atom. The van der Waals surface area contributed by atoms with Crippen molar-refractivity contribution in [2.45, 2.75) is 91.4 Å². The third kappa shape index (κ3) is 11.0. The molecule has 0 unspecified atom stereocenters. The van der Waals surface area contributed by atoms with Gasteiger partial charge < -0.3 is 9.47 Å². The Morgan fingerprint density at radius 2 is 1.54 bits per heavy atom. The Labute approximate surface area is 234 Å². The number of benzene rings is 2. The van der Waals surface area contributed by atoms with E-state index in [4.69, 9.17) is 9.47 Å². The van der Waals surface area contributed by atoms with E-state index in [9.17, 15) is 4.79 Å². The summed E-state index contributed by atoms with van der Waals surface area (Å²) in [5.41, 5.74) is 2.52. The summed E-state index contributed by atoms with van der Waals surface area (Å²) in [6, 6.07) is 14.3. The number of aromatic nitrogens is 2. The minimum absolute atomic E-state index is 0.411. The van der Waals surface area contributed by atoms with Crippen LogP contribution in [-0.2, 0) is 6.42 Å². The average molecular weight is 529 g/mol. The summed E-state index contributed by atoms with van der Waals surface area (Å²) in [6.07, 6.45) is 20.9. The van der Waals surface area contributed by atoms with Crippen molar-refractivity contribution in [2.75, 3.05) is 0 Å². The van der Waals surface area contributed by atoms with Gasteiger partial charge >= 0.3 is 5.97 Å². The number of aryl methyl sites for hydroxylation is 1. The van der Waals surface area contributed by atoms with Crippen molar-refractivity contribution in [3.05, 3.63) is 84.4 Å². The molecule has 3 rings (SSSR count). The molecule has 0 aliphatic heterocycles. The number of unbranched alkanes of at least 4 members (excludes halogenated alkanes) is 6. The number of nitrogens with zero attached hydrogens (tertiary/aromatic N) is 2. The first-order chi connectivity index (χ1) is 19.1. The second-order valence-corrected chi connectivity index (χ2v) is 10.3. The number of carbonyl (C=O) groups is 1. The van der Waals surface area contributed by atoms with Crippen molar-refractivity contribution in [2.24, 2.45) is 5.92 Å². The maximum absolute atomic E-state index is 12.6. The van der Waals surface area contributed by atoms with Crippen LogP contribution in [0, 0.1) is 5.92 Å². The molecule has 1 atom stereocenters. The van der Waals surface area contributed by atoms with Crippen LogP contribution in [0.4, 0.5) is 0 Å². The summed E-state index contributed by atoms with van der Waals surface area (Å²) in [7, 11) is 0. The lowest BCUT2D eigenvalue weighted by Crippen LogP contribution is -2.08. The van der Waals surface area contributed by atoms with Crippen molar-refractivity contribution in [1.29, 1.82) is 0 Å². The van der Waals surface area contributed by atoms with Crippen LogP contribution in [0.1, 0.15) is 101 Å². The van der Waals surface area contributed by atoms with Gasteiger partial charge in [-0.25, -0.2) is 14.8 Å². The Hall–Kier alpha value is -3.47. The quantitative estimate of drug-likeness (QED) is 0.0756. The van der Waals surface area contributed by atoms with E-state index in [1.54, 1.807) is 42.7 Å². The van der Waals surface area contributed by atoms with Crippen LogP contribution in [0.15, 0.2) is 73.3 Å². The third-order valence-electron chi connectivity index (χ3n) is 7.00. The highest BCUT2D eigenvalue weighted by Gasteiger charge is 2.10. The molecule has 0 N–H and O–H groups in total. The van der Waals surface area contributed by atoms with Crippen molar-refractivity contribution in [1.82, 2.24) is 9.97 Å². The molecule has 2 aromatic carbocycles. The fourth-order valence-electron chi connectivity index (χ4n) is 4.23. The predicted molar refractivity (Wildman–Crippen MR) is 159 cm³/mol. The highest BCUT2D eigenvalue weighted by atomic mass is 16.5. The zero-order valence-electron chi connectivity index (χ0n) is 23.9.